The molecular weight excluding hydrogens is 254 g/mol. The summed E-state index contributed by atoms with van der Waals surface area (Å²) in [6.07, 6.45) is 7.99. The summed E-state index contributed by atoms with van der Waals surface area (Å²) < 4.78 is 5.71. The quantitative estimate of drug-likeness (QED) is 0.760. The van der Waals surface area contributed by atoms with Crippen molar-refractivity contribution in [2.24, 2.45) is 0 Å². The van der Waals surface area contributed by atoms with E-state index in [4.69, 9.17) is 4.74 Å². The first-order chi connectivity index (χ1) is 9.31. The molecule has 0 aromatic carbocycles. The Morgan fingerprint density at radius 2 is 2.37 bits per heavy atom. The molecule has 0 bridgehead atoms. The van der Waals surface area contributed by atoms with Gasteiger partial charge in [0, 0.05) is 12.6 Å². The van der Waals surface area contributed by atoms with Crippen LogP contribution in [-0.4, -0.2) is 19.3 Å². The summed E-state index contributed by atoms with van der Waals surface area (Å²) in [6.45, 7) is 6.55. The Bertz CT molecular complexity index is 357. The van der Waals surface area contributed by atoms with Crippen molar-refractivity contribution in [1.29, 1.82) is 0 Å². The van der Waals surface area contributed by atoms with E-state index in [1.54, 1.807) is 0 Å². The molecule has 0 radical (unpaired) electrons. The molecule has 1 N–H and O–H groups in total. The van der Waals surface area contributed by atoms with Crippen LogP contribution in [0.4, 0.5) is 0 Å². The lowest BCUT2D eigenvalue weighted by Crippen LogP contribution is -2.22. The van der Waals surface area contributed by atoms with Gasteiger partial charge in [0.2, 0.25) is 0 Å². The van der Waals surface area contributed by atoms with Gasteiger partial charge < -0.3 is 10.1 Å². The molecule has 108 valence electrons. The fourth-order valence-electron chi connectivity index (χ4n) is 2.84. The summed E-state index contributed by atoms with van der Waals surface area (Å²) in [6, 6.07) is 0.535. The minimum atomic E-state index is 0.535. The molecule has 2 nitrogen and oxygen atoms in total. The monoisotopic (exact) mass is 281 g/mol. The van der Waals surface area contributed by atoms with Crippen LogP contribution in [0.25, 0.3) is 0 Å². The van der Waals surface area contributed by atoms with E-state index in [9.17, 15) is 0 Å². The highest BCUT2D eigenvalue weighted by Gasteiger charge is 2.17. The maximum absolute atomic E-state index is 5.71. The molecule has 2 rings (SSSR count). The van der Waals surface area contributed by atoms with E-state index in [2.05, 4.69) is 29.9 Å². The highest BCUT2D eigenvalue weighted by atomic mass is 32.1. The summed E-state index contributed by atoms with van der Waals surface area (Å²) in [4.78, 5) is 0. The zero-order valence-electron chi connectivity index (χ0n) is 12.3. The van der Waals surface area contributed by atoms with Crippen molar-refractivity contribution in [1.82, 2.24) is 5.32 Å². The van der Waals surface area contributed by atoms with Gasteiger partial charge in [0.1, 0.15) is 0 Å². The van der Waals surface area contributed by atoms with Crippen molar-refractivity contribution in [3.63, 3.8) is 0 Å². The van der Waals surface area contributed by atoms with Gasteiger partial charge in [-0.05, 0) is 73.9 Å². The average Bonchev–Trinajstić information content (AvgIpc) is 3.05. The lowest BCUT2D eigenvalue weighted by atomic mass is 9.99. The summed E-state index contributed by atoms with van der Waals surface area (Å²) in [5.74, 6) is 0. The first-order valence-corrected chi connectivity index (χ1v) is 8.63. The van der Waals surface area contributed by atoms with Gasteiger partial charge >= 0.3 is 0 Å². The smallest absolute Gasteiger partial charge is 0.0576 e. The first kappa shape index (κ1) is 15.0. The number of hydrogen-bond acceptors (Lipinski definition) is 3. The first-order valence-electron chi connectivity index (χ1n) is 7.69. The van der Waals surface area contributed by atoms with Crippen molar-refractivity contribution < 1.29 is 4.74 Å². The van der Waals surface area contributed by atoms with Crippen LogP contribution in [0, 0.1) is 6.92 Å². The van der Waals surface area contributed by atoms with Crippen LogP contribution >= 0.6 is 11.3 Å². The molecule has 2 unspecified atom stereocenters. The zero-order chi connectivity index (χ0) is 13.5. The highest BCUT2D eigenvalue weighted by molar-refractivity contribution is 7.08. The Labute approximate surface area is 121 Å². The summed E-state index contributed by atoms with van der Waals surface area (Å²) >= 11 is 1.82. The molecular formula is C16H27NOS. The second kappa shape index (κ2) is 8.03. The van der Waals surface area contributed by atoms with Gasteiger partial charge in [-0.15, -0.1) is 0 Å². The third kappa shape index (κ3) is 4.59. The van der Waals surface area contributed by atoms with Crippen LogP contribution in [0.3, 0.4) is 0 Å². The van der Waals surface area contributed by atoms with Gasteiger partial charge in [-0.25, -0.2) is 0 Å². The molecule has 1 fully saturated rings. The molecule has 1 aliphatic rings. The number of rotatable bonds is 8. The summed E-state index contributed by atoms with van der Waals surface area (Å²) in [7, 11) is 0. The van der Waals surface area contributed by atoms with Crippen molar-refractivity contribution in [3.05, 3.63) is 21.9 Å². The molecule has 2 heterocycles. The van der Waals surface area contributed by atoms with E-state index in [1.165, 1.54) is 49.7 Å². The molecule has 0 spiro atoms. The predicted molar refractivity (Wildman–Crippen MR) is 82.9 cm³/mol. The summed E-state index contributed by atoms with van der Waals surface area (Å²) in [5, 5.41) is 8.28. The lowest BCUT2D eigenvalue weighted by Gasteiger charge is -2.19. The van der Waals surface area contributed by atoms with Crippen molar-refractivity contribution in [2.45, 2.75) is 64.5 Å². The molecule has 1 aromatic rings. The number of nitrogens with one attached hydrogen (secondary N) is 1. The Hall–Kier alpha value is -0.380. The number of hydrogen-bond donors (Lipinski definition) is 1. The minimum Gasteiger partial charge on any atom is -0.378 e. The van der Waals surface area contributed by atoms with Crippen LogP contribution in [0.1, 0.15) is 62.6 Å². The Morgan fingerprint density at radius 3 is 3.00 bits per heavy atom. The van der Waals surface area contributed by atoms with E-state index in [0.29, 0.717) is 12.1 Å². The molecule has 0 amide bonds. The Kier molecular flexibility index (Phi) is 6.35. The molecule has 0 aliphatic carbocycles. The summed E-state index contributed by atoms with van der Waals surface area (Å²) in [5.41, 5.74) is 2.95. The largest absolute Gasteiger partial charge is 0.378 e. The van der Waals surface area contributed by atoms with Gasteiger partial charge in [-0.2, -0.15) is 11.3 Å². The second-order valence-corrected chi connectivity index (χ2v) is 6.33. The Morgan fingerprint density at radius 1 is 1.47 bits per heavy atom. The maximum atomic E-state index is 5.71. The number of thiophene rings is 1. The molecule has 1 saturated heterocycles. The third-order valence-corrected chi connectivity index (χ3v) is 4.83. The molecule has 1 aliphatic heterocycles. The maximum Gasteiger partial charge on any atom is 0.0576 e. The minimum absolute atomic E-state index is 0.535. The van der Waals surface area contributed by atoms with Gasteiger partial charge in [0.15, 0.2) is 0 Å². The van der Waals surface area contributed by atoms with Crippen molar-refractivity contribution >= 4 is 11.3 Å². The predicted octanol–water partition coefficient (Wildman–Crippen LogP) is 4.45. The fraction of sp³-hybridized carbons (Fsp3) is 0.750. The molecule has 2 atom stereocenters. The Balaban J connectivity index is 1.81. The lowest BCUT2D eigenvalue weighted by molar-refractivity contribution is 0.101. The second-order valence-electron chi connectivity index (χ2n) is 5.58. The zero-order valence-corrected chi connectivity index (χ0v) is 13.1. The molecule has 0 saturated carbocycles. The van der Waals surface area contributed by atoms with Gasteiger partial charge in [-0.3, -0.25) is 0 Å². The number of aryl methyl sites for hydroxylation is 1. The highest BCUT2D eigenvalue weighted by Crippen LogP contribution is 2.27. The van der Waals surface area contributed by atoms with Crippen molar-refractivity contribution in [2.75, 3.05) is 13.2 Å². The number of ether oxygens (including phenoxy) is 1. The third-order valence-electron chi connectivity index (χ3n) is 3.95. The standard InChI is InChI=1S/C16H27NOS/c1-3-9-17-16(15-12-19-11-13(15)2)8-4-6-14-7-5-10-18-14/h11-12,14,16-17H,3-10H2,1-2H3. The van der Waals surface area contributed by atoms with E-state index in [0.717, 1.165) is 13.2 Å². The van der Waals surface area contributed by atoms with Crippen LogP contribution in [-0.2, 0) is 4.74 Å². The van der Waals surface area contributed by atoms with E-state index in [1.807, 2.05) is 11.3 Å². The molecule has 3 heteroatoms. The van der Waals surface area contributed by atoms with Gasteiger partial charge in [0.05, 0.1) is 6.10 Å². The fourth-order valence-corrected chi connectivity index (χ4v) is 3.74. The van der Waals surface area contributed by atoms with Gasteiger partial charge in [0.25, 0.3) is 0 Å². The molecule has 19 heavy (non-hydrogen) atoms. The van der Waals surface area contributed by atoms with Crippen LogP contribution in [0.15, 0.2) is 10.8 Å². The topological polar surface area (TPSA) is 21.3 Å². The molecule has 1 aromatic heterocycles. The SMILES string of the molecule is CCCNC(CCCC1CCCO1)c1cscc1C. The van der Waals surface area contributed by atoms with E-state index in [-0.39, 0.29) is 0 Å². The van der Waals surface area contributed by atoms with Crippen molar-refractivity contribution in [3.8, 4) is 0 Å². The van der Waals surface area contributed by atoms with Crippen LogP contribution < -0.4 is 5.32 Å². The van der Waals surface area contributed by atoms with Crippen LogP contribution in [0.2, 0.25) is 0 Å². The normalized spacial score (nSPS) is 20.8. The van der Waals surface area contributed by atoms with Crippen LogP contribution in [0.5, 0.6) is 0 Å². The van der Waals surface area contributed by atoms with Gasteiger partial charge in [-0.1, -0.05) is 6.92 Å². The average molecular weight is 281 g/mol. The van der Waals surface area contributed by atoms with E-state index >= 15 is 0 Å². The van der Waals surface area contributed by atoms with E-state index < -0.39 is 0 Å².